The average Bonchev–Trinajstić information content (AvgIpc) is 3.74. The van der Waals surface area contributed by atoms with Crippen LogP contribution in [0.3, 0.4) is 0 Å². The highest BCUT2D eigenvalue weighted by molar-refractivity contribution is 7.84. The Morgan fingerprint density at radius 2 is 1.80 bits per heavy atom. The number of nitrogens with one attached hydrogen (secondary N) is 2. The van der Waals surface area contributed by atoms with Crippen molar-refractivity contribution in [3.8, 4) is 11.1 Å². The number of benzene rings is 2. The number of hydrogen-bond donors (Lipinski definition) is 2. The van der Waals surface area contributed by atoms with Crippen LogP contribution < -0.4 is 15.0 Å². The van der Waals surface area contributed by atoms with Crippen LogP contribution in [0.25, 0.3) is 11.1 Å². The highest BCUT2D eigenvalue weighted by Crippen LogP contribution is 2.45. The summed E-state index contributed by atoms with van der Waals surface area (Å²) in [5.74, 6) is -0.739. The third-order valence-corrected chi connectivity index (χ3v) is 9.29. The molecule has 1 aliphatic rings. The first-order valence-corrected chi connectivity index (χ1v) is 15.7. The Balaban J connectivity index is 1.93. The van der Waals surface area contributed by atoms with Crippen molar-refractivity contribution >= 4 is 39.6 Å². The summed E-state index contributed by atoms with van der Waals surface area (Å²) in [7, 11) is 0.168. The maximum Gasteiger partial charge on any atom is 0.250 e. The molecule has 0 amide bonds. The van der Waals surface area contributed by atoms with Crippen LogP contribution >= 0.6 is 11.6 Å². The molecule has 8 nitrogen and oxygen atoms in total. The summed E-state index contributed by atoms with van der Waals surface area (Å²) in [5, 5.41) is 0.259. The van der Waals surface area contributed by atoms with Gasteiger partial charge < -0.3 is 9.12 Å². The molecule has 41 heavy (non-hydrogen) atoms. The molecule has 3 atom stereocenters. The number of halogens is 2. The minimum Gasteiger partial charge on any atom is -0.760 e. The Morgan fingerprint density at radius 1 is 1.15 bits per heavy atom. The lowest BCUT2D eigenvalue weighted by molar-refractivity contribution is 0.103. The predicted molar refractivity (Wildman–Crippen MR) is 159 cm³/mol. The van der Waals surface area contributed by atoms with Crippen molar-refractivity contribution < 1.29 is 22.2 Å². The van der Waals surface area contributed by atoms with Gasteiger partial charge in [0.05, 0.1) is 15.7 Å². The molecule has 0 spiro atoms. The number of hydrogen-bond acceptors (Lipinski definition) is 5. The first kappa shape index (κ1) is 31.4. The van der Waals surface area contributed by atoms with E-state index in [1.54, 1.807) is 19.3 Å². The zero-order valence-electron chi connectivity index (χ0n) is 23.2. The second-order valence-corrected chi connectivity index (χ2v) is 14.3. The fourth-order valence-corrected chi connectivity index (χ4v) is 5.94. The normalized spacial score (nSPS) is 15.9. The molecular weight excluding hydrogens is 589 g/mol. The largest absolute Gasteiger partial charge is 0.760 e. The average molecular weight is 621 g/mol. The predicted octanol–water partition coefficient (Wildman–Crippen LogP) is 4.50. The minimum atomic E-state index is -2.46. The van der Waals surface area contributed by atoms with Crippen LogP contribution in [0.2, 0.25) is 5.02 Å². The number of aromatic nitrogens is 1. The van der Waals surface area contributed by atoms with Gasteiger partial charge in [-0.25, -0.2) is 18.0 Å². The molecule has 1 heterocycles. The highest BCUT2D eigenvalue weighted by Gasteiger charge is 2.37. The lowest BCUT2D eigenvalue weighted by Gasteiger charge is -2.27. The molecule has 0 radical (unpaired) electrons. The molecular formula is C29H32ClFN3O5S2-. The Hall–Kier alpha value is -2.54. The number of carbonyl (C=O) groups is 1. The number of carbonyl (C=O) groups excluding carboxylic acids is 1. The number of rotatable bonds is 11. The van der Waals surface area contributed by atoms with Crippen molar-refractivity contribution in [2.24, 2.45) is 13.0 Å². The molecule has 1 saturated carbocycles. The van der Waals surface area contributed by atoms with Gasteiger partial charge >= 0.3 is 0 Å². The van der Waals surface area contributed by atoms with Crippen LogP contribution in [0.15, 0.2) is 53.5 Å². The van der Waals surface area contributed by atoms with Gasteiger partial charge in [-0.1, -0.05) is 11.6 Å². The van der Waals surface area contributed by atoms with Gasteiger partial charge in [0.15, 0.2) is 5.78 Å². The maximum absolute atomic E-state index is 13.8. The lowest BCUT2D eigenvalue weighted by atomic mass is 9.87. The van der Waals surface area contributed by atoms with Crippen molar-refractivity contribution in [1.29, 1.82) is 0 Å². The quantitative estimate of drug-likeness (QED) is 0.242. The number of pyridine rings is 1. The van der Waals surface area contributed by atoms with Gasteiger partial charge in [-0.15, -0.1) is 0 Å². The van der Waals surface area contributed by atoms with Crippen LogP contribution in [0.5, 0.6) is 0 Å². The maximum atomic E-state index is 13.8. The second-order valence-electron chi connectivity index (χ2n) is 11.1. The summed E-state index contributed by atoms with van der Waals surface area (Å²) < 4.78 is 55.3. The molecule has 3 aromatic rings. The summed E-state index contributed by atoms with van der Waals surface area (Å²) >= 11 is 4.14. The summed E-state index contributed by atoms with van der Waals surface area (Å²) in [6.45, 7) is 5.66. The van der Waals surface area contributed by atoms with Crippen LogP contribution in [-0.4, -0.2) is 34.6 Å². The van der Waals surface area contributed by atoms with Crippen molar-refractivity contribution in [3.05, 3.63) is 92.1 Å². The van der Waals surface area contributed by atoms with E-state index >= 15 is 0 Å². The zero-order valence-corrected chi connectivity index (χ0v) is 25.6. The van der Waals surface area contributed by atoms with Gasteiger partial charge in [-0.05, 0) is 99.0 Å². The van der Waals surface area contributed by atoms with E-state index in [1.807, 2.05) is 20.8 Å². The molecule has 220 valence electrons. The molecule has 1 aromatic heterocycles. The Bertz CT molecular complexity index is 1570. The number of nitrogens with zero attached hydrogens (tertiary/aromatic N) is 1. The summed E-state index contributed by atoms with van der Waals surface area (Å²) in [5.41, 5.74) is 2.46. The van der Waals surface area contributed by atoms with E-state index in [-0.39, 0.29) is 40.6 Å². The fraction of sp³-hybridized carbons (Fsp3) is 0.379. The Labute approximate surface area is 248 Å². The number of ketones is 1. The van der Waals surface area contributed by atoms with Crippen LogP contribution in [0.1, 0.15) is 66.7 Å². The summed E-state index contributed by atoms with van der Waals surface area (Å²) in [6, 6.07) is 9.51. The van der Waals surface area contributed by atoms with Crippen molar-refractivity contribution in [2.45, 2.75) is 50.8 Å². The van der Waals surface area contributed by atoms with Gasteiger partial charge in [0.1, 0.15) is 5.82 Å². The van der Waals surface area contributed by atoms with E-state index in [0.717, 1.165) is 12.8 Å². The Morgan fingerprint density at radius 3 is 2.39 bits per heavy atom. The van der Waals surface area contributed by atoms with E-state index < -0.39 is 44.6 Å². The van der Waals surface area contributed by atoms with Gasteiger partial charge in [0.2, 0.25) is 0 Å². The SMILES string of the molecule is Cn1cc(-c2cc(CCNS(=O)[O-])c(Cl)cc2C(=O)c2ccc(F)cc2)c([C@@H](NS(=O)C(C)(C)C)C2CC2)cc1=O. The molecule has 2 aromatic carbocycles. The molecule has 4 rings (SSSR count). The lowest BCUT2D eigenvalue weighted by Crippen LogP contribution is -2.37. The topological polar surface area (TPSA) is 120 Å². The van der Waals surface area contributed by atoms with Gasteiger partial charge in [-0.3, -0.25) is 13.8 Å². The van der Waals surface area contributed by atoms with Gasteiger partial charge in [-0.2, -0.15) is 0 Å². The molecule has 1 aliphatic carbocycles. The summed E-state index contributed by atoms with van der Waals surface area (Å²) in [4.78, 5) is 26.7. The molecule has 0 aliphatic heterocycles. The first-order chi connectivity index (χ1) is 19.3. The molecule has 12 heteroatoms. The van der Waals surface area contributed by atoms with Gasteiger partial charge in [0.25, 0.3) is 5.56 Å². The molecule has 0 saturated heterocycles. The first-order valence-electron chi connectivity index (χ1n) is 13.1. The highest BCUT2D eigenvalue weighted by atomic mass is 35.5. The van der Waals surface area contributed by atoms with Crippen molar-refractivity contribution in [3.63, 3.8) is 0 Å². The van der Waals surface area contributed by atoms with Crippen molar-refractivity contribution in [1.82, 2.24) is 14.0 Å². The van der Waals surface area contributed by atoms with Crippen LogP contribution in [0, 0.1) is 11.7 Å². The standard InChI is InChI=1S/C29H33ClFN3O5S2/c1-29(2,3)40(37)33-27(17-5-6-17)22-15-26(35)34(4)16-24(22)21-13-19(11-12-32-41(38)39)25(30)14-23(21)28(36)18-7-9-20(31)10-8-18/h7-10,13-17,27,32-33H,5-6,11-12H2,1-4H3,(H,38,39)/p-1/t27-,40?/m0/s1. The van der Waals surface area contributed by atoms with Crippen LogP contribution in [0.4, 0.5) is 4.39 Å². The van der Waals surface area contributed by atoms with Gasteiger partial charge in [0, 0.05) is 64.9 Å². The van der Waals surface area contributed by atoms with E-state index in [2.05, 4.69) is 9.44 Å². The van der Waals surface area contributed by atoms with E-state index in [4.69, 9.17) is 11.6 Å². The summed E-state index contributed by atoms with van der Waals surface area (Å²) in [6.07, 6.45) is 3.66. The Kier molecular flexibility index (Phi) is 9.77. The monoisotopic (exact) mass is 620 g/mol. The zero-order chi connectivity index (χ0) is 30.1. The fourth-order valence-electron chi connectivity index (χ4n) is 4.51. The third-order valence-electron chi connectivity index (χ3n) is 6.92. The molecule has 2 N–H and O–H groups in total. The van der Waals surface area contributed by atoms with Crippen molar-refractivity contribution in [2.75, 3.05) is 6.54 Å². The van der Waals surface area contributed by atoms with E-state index in [9.17, 15) is 27.0 Å². The van der Waals surface area contributed by atoms with E-state index in [1.165, 1.54) is 41.0 Å². The third kappa shape index (κ3) is 7.65. The van der Waals surface area contributed by atoms with Crippen LogP contribution in [-0.2, 0) is 35.7 Å². The second kappa shape index (κ2) is 12.8. The minimum absolute atomic E-state index is 0.0808. The smallest absolute Gasteiger partial charge is 0.250 e. The molecule has 2 unspecified atom stereocenters. The molecule has 0 bridgehead atoms. The number of aryl methyl sites for hydroxylation is 1. The van der Waals surface area contributed by atoms with E-state index in [0.29, 0.717) is 22.3 Å². The molecule has 1 fully saturated rings.